The Morgan fingerprint density at radius 2 is 2.50 bits per heavy atom. The lowest BCUT2D eigenvalue weighted by molar-refractivity contribution is 0.105. The van der Waals surface area contributed by atoms with Crippen molar-refractivity contribution < 1.29 is 9.59 Å². The van der Waals surface area contributed by atoms with Crippen molar-refractivity contribution in [1.82, 2.24) is 9.97 Å². The first-order chi connectivity index (χ1) is 4.74. The van der Waals surface area contributed by atoms with Crippen LogP contribution < -0.4 is 0 Å². The number of Topliss-reactive ketones (excluding diaryl/α,β-unsaturated/α-hetero) is 1. The van der Waals surface area contributed by atoms with Crippen molar-refractivity contribution in [3.05, 3.63) is 17.7 Å². The summed E-state index contributed by atoms with van der Waals surface area (Å²) in [5, 5.41) is 0. The number of nitrogens with zero attached hydrogens (tertiary/aromatic N) is 1. The molecule has 0 fully saturated rings. The maximum atomic E-state index is 10.5. The monoisotopic (exact) mass is 137 g/mol. The zero-order valence-corrected chi connectivity index (χ0v) is 5.34. The van der Waals surface area contributed by atoms with Gasteiger partial charge in [-0.3, -0.25) is 9.59 Å². The highest BCUT2D eigenvalue weighted by Crippen LogP contribution is 1.93. The van der Waals surface area contributed by atoms with Gasteiger partial charge in [0, 0.05) is 6.20 Å². The van der Waals surface area contributed by atoms with Gasteiger partial charge in [0.1, 0.15) is 0 Å². The summed E-state index contributed by atoms with van der Waals surface area (Å²) in [6.45, 7) is 1.72. The fourth-order valence-corrected chi connectivity index (χ4v) is 0.578. The number of aromatic amines is 1. The molecule has 0 atom stereocenters. The number of imidazole rings is 1. The van der Waals surface area contributed by atoms with Gasteiger partial charge in [0.05, 0.1) is 5.69 Å². The molecule has 1 rings (SSSR count). The first-order valence-corrected chi connectivity index (χ1v) is 2.68. The molecule has 1 aromatic rings. The number of aromatic nitrogens is 2. The summed E-state index contributed by atoms with van der Waals surface area (Å²) in [6.07, 6.45) is 2.76. The third-order valence-electron chi connectivity index (χ3n) is 1.01. The molecule has 0 saturated heterocycles. The molecule has 0 bridgehead atoms. The Hall–Kier alpha value is -1.45. The minimum atomic E-state index is -0.742. The Labute approximate surface area is 57.3 Å². The number of hydrogen-bond acceptors (Lipinski definition) is 3. The first kappa shape index (κ1) is 6.67. The Bertz CT molecular complexity index is 264. The van der Waals surface area contributed by atoms with Gasteiger partial charge in [0.2, 0.25) is 0 Å². The number of aryl methyl sites for hydroxylation is 1. The van der Waals surface area contributed by atoms with Crippen LogP contribution in [-0.4, -0.2) is 22.0 Å². The molecule has 1 radical (unpaired) electrons. The van der Waals surface area contributed by atoms with Crippen LogP contribution in [0.2, 0.25) is 0 Å². The highest BCUT2D eigenvalue weighted by atomic mass is 16.2. The fourth-order valence-electron chi connectivity index (χ4n) is 0.578. The molecule has 0 saturated carbocycles. The largest absolute Gasteiger partial charge is 0.341 e. The molecule has 0 aliphatic heterocycles. The molecule has 1 N–H and O–H groups in total. The molecule has 0 amide bonds. The van der Waals surface area contributed by atoms with Gasteiger partial charge in [-0.2, -0.15) is 0 Å². The molecule has 1 heterocycles. The molecule has 1 aromatic heterocycles. The Morgan fingerprint density at radius 1 is 1.80 bits per heavy atom. The van der Waals surface area contributed by atoms with Crippen LogP contribution in [-0.2, 0) is 4.79 Å². The van der Waals surface area contributed by atoms with E-state index in [4.69, 9.17) is 0 Å². The lowest BCUT2D eigenvalue weighted by Crippen LogP contribution is -2.01. The van der Waals surface area contributed by atoms with Crippen LogP contribution in [0.5, 0.6) is 0 Å². The predicted molar refractivity (Wildman–Crippen MR) is 33.3 cm³/mol. The second kappa shape index (κ2) is 2.43. The van der Waals surface area contributed by atoms with E-state index in [1.165, 1.54) is 6.29 Å². The summed E-state index contributed by atoms with van der Waals surface area (Å²) in [7, 11) is 0. The Morgan fingerprint density at radius 3 is 2.90 bits per heavy atom. The molecule has 4 heteroatoms. The number of H-pyrrole nitrogens is 1. The molecular weight excluding hydrogens is 132 g/mol. The van der Waals surface area contributed by atoms with Crippen LogP contribution in [0.1, 0.15) is 16.3 Å². The average molecular weight is 137 g/mol. The van der Waals surface area contributed by atoms with Gasteiger partial charge in [-0.1, -0.05) is 0 Å². The van der Waals surface area contributed by atoms with Crippen LogP contribution in [0.4, 0.5) is 0 Å². The van der Waals surface area contributed by atoms with E-state index in [2.05, 4.69) is 9.97 Å². The molecule has 4 nitrogen and oxygen atoms in total. The molecule has 0 aliphatic carbocycles. The van der Waals surface area contributed by atoms with Gasteiger partial charge in [-0.15, -0.1) is 0 Å². The van der Waals surface area contributed by atoms with E-state index in [0.717, 1.165) is 0 Å². The van der Waals surface area contributed by atoms with Crippen molar-refractivity contribution in [2.24, 2.45) is 0 Å². The quantitative estimate of drug-likeness (QED) is 0.461. The second-order valence-electron chi connectivity index (χ2n) is 1.82. The third kappa shape index (κ3) is 1.10. The van der Waals surface area contributed by atoms with Crippen LogP contribution in [0.15, 0.2) is 6.20 Å². The topological polar surface area (TPSA) is 62.8 Å². The molecular formula is C6H5N2O2. The van der Waals surface area contributed by atoms with Crippen LogP contribution in [0, 0.1) is 6.92 Å². The molecule has 0 unspecified atom stereocenters. The van der Waals surface area contributed by atoms with Crippen molar-refractivity contribution in [2.75, 3.05) is 0 Å². The van der Waals surface area contributed by atoms with E-state index in [-0.39, 0.29) is 5.82 Å². The normalized spacial score (nSPS) is 9.30. The fraction of sp³-hybridized carbons (Fsp3) is 0.167. The zero-order chi connectivity index (χ0) is 7.56. The van der Waals surface area contributed by atoms with Gasteiger partial charge >= 0.3 is 0 Å². The second-order valence-corrected chi connectivity index (χ2v) is 1.82. The van der Waals surface area contributed by atoms with Crippen molar-refractivity contribution in [3.8, 4) is 0 Å². The van der Waals surface area contributed by atoms with E-state index in [1.54, 1.807) is 13.1 Å². The van der Waals surface area contributed by atoms with Gasteiger partial charge < -0.3 is 4.98 Å². The average Bonchev–Trinajstić information content (AvgIpc) is 2.34. The van der Waals surface area contributed by atoms with Crippen LogP contribution in [0.3, 0.4) is 0 Å². The summed E-state index contributed by atoms with van der Waals surface area (Å²) in [5.74, 6) is -0.694. The SMILES string of the molecule is Cc1c[nH]c(C(=O)[C]=O)n1. The minimum absolute atomic E-state index is 0.0486. The highest BCUT2D eigenvalue weighted by molar-refractivity contribution is 6.32. The predicted octanol–water partition coefficient (Wildman–Crippen LogP) is 0.0105. The minimum Gasteiger partial charge on any atom is -0.341 e. The van der Waals surface area contributed by atoms with Crippen molar-refractivity contribution in [2.45, 2.75) is 6.92 Å². The van der Waals surface area contributed by atoms with E-state index in [0.29, 0.717) is 5.69 Å². The van der Waals surface area contributed by atoms with Gasteiger partial charge in [0.25, 0.3) is 12.1 Å². The molecule has 0 aliphatic rings. The van der Waals surface area contributed by atoms with E-state index in [1.807, 2.05) is 0 Å². The van der Waals surface area contributed by atoms with Gasteiger partial charge in [0.15, 0.2) is 5.82 Å². The number of hydrogen-bond donors (Lipinski definition) is 1. The van der Waals surface area contributed by atoms with Crippen LogP contribution in [0.25, 0.3) is 0 Å². The van der Waals surface area contributed by atoms with Crippen molar-refractivity contribution >= 4 is 12.1 Å². The lowest BCUT2D eigenvalue weighted by atomic mass is 10.4. The molecule has 10 heavy (non-hydrogen) atoms. The van der Waals surface area contributed by atoms with E-state index >= 15 is 0 Å². The molecule has 51 valence electrons. The maximum Gasteiger partial charge on any atom is 0.280 e. The summed E-state index contributed by atoms with van der Waals surface area (Å²) in [6, 6.07) is 0. The van der Waals surface area contributed by atoms with Crippen molar-refractivity contribution in [1.29, 1.82) is 0 Å². The smallest absolute Gasteiger partial charge is 0.280 e. The molecule has 0 spiro atoms. The Balaban J connectivity index is 2.95. The Kier molecular flexibility index (Phi) is 1.62. The number of carbonyl (C=O) groups is 1. The number of carbonyl (C=O) groups excluding carboxylic acids is 2. The zero-order valence-electron chi connectivity index (χ0n) is 5.34. The third-order valence-corrected chi connectivity index (χ3v) is 1.01. The summed E-state index contributed by atoms with van der Waals surface area (Å²) >= 11 is 0. The number of ketones is 1. The number of nitrogens with one attached hydrogen (secondary N) is 1. The standard InChI is InChI=1S/C6H5N2O2/c1-4-2-7-6(8-4)5(10)3-9/h2H,1H3,(H,7,8). The summed E-state index contributed by atoms with van der Waals surface area (Å²) in [4.78, 5) is 26.5. The first-order valence-electron chi connectivity index (χ1n) is 2.68. The summed E-state index contributed by atoms with van der Waals surface area (Å²) < 4.78 is 0. The number of rotatable bonds is 2. The van der Waals surface area contributed by atoms with Crippen LogP contribution >= 0.6 is 0 Å². The molecule has 0 aromatic carbocycles. The van der Waals surface area contributed by atoms with Gasteiger partial charge in [-0.05, 0) is 6.92 Å². The lowest BCUT2D eigenvalue weighted by Gasteiger charge is -1.79. The maximum absolute atomic E-state index is 10.5. The van der Waals surface area contributed by atoms with Gasteiger partial charge in [-0.25, -0.2) is 4.98 Å². The van der Waals surface area contributed by atoms with E-state index < -0.39 is 5.78 Å². The summed E-state index contributed by atoms with van der Waals surface area (Å²) in [5.41, 5.74) is 0.679. The van der Waals surface area contributed by atoms with E-state index in [9.17, 15) is 9.59 Å². The highest BCUT2D eigenvalue weighted by Gasteiger charge is 2.07. The van der Waals surface area contributed by atoms with Crippen molar-refractivity contribution in [3.63, 3.8) is 0 Å².